The molecular weight excluding hydrogens is 232 g/mol. The zero-order valence-corrected chi connectivity index (χ0v) is 10.2. The van der Waals surface area contributed by atoms with Gasteiger partial charge >= 0.3 is 0 Å². The van der Waals surface area contributed by atoms with Gasteiger partial charge in [-0.25, -0.2) is 9.50 Å². The van der Waals surface area contributed by atoms with Crippen molar-refractivity contribution in [2.24, 2.45) is 5.92 Å². The predicted octanol–water partition coefficient (Wildman–Crippen LogP) is 0.770. The summed E-state index contributed by atoms with van der Waals surface area (Å²) in [4.78, 5) is 3.96. The van der Waals surface area contributed by atoms with E-state index in [1.54, 1.807) is 4.52 Å². The lowest BCUT2D eigenvalue weighted by molar-refractivity contribution is 0.00257. The van der Waals surface area contributed by atoms with Gasteiger partial charge in [-0.3, -0.25) is 0 Å². The van der Waals surface area contributed by atoms with Crippen molar-refractivity contribution in [1.29, 1.82) is 0 Å². The summed E-state index contributed by atoms with van der Waals surface area (Å²) >= 11 is 0. The fraction of sp³-hybridized carbons (Fsp3) is 0.500. The second-order valence-corrected chi connectivity index (χ2v) is 4.77. The fourth-order valence-electron chi connectivity index (χ4n) is 2.60. The van der Waals surface area contributed by atoms with E-state index in [1.165, 1.54) is 6.33 Å². The minimum absolute atomic E-state index is 0.0565. The summed E-state index contributed by atoms with van der Waals surface area (Å²) in [6.45, 7) is 2.17. The van der Waals surface area contributed by atoms with Crippen LogP contribution in [0.2, 0.25) is 0 Å². The average Bonchev–Trinajstić information content (AvgIpc) is 2.93. The van der Waals surface area contributed by atoms with Crippen molar-refractivity contribution in [2.75, 3.05) is 12.3 Å². The Morgan fingerprint density at radius 1 is 1.56 bits per heavy atom. The first-order valence-corrected chi connectivity index (χ1v) is 6.05. The Hall–Kier alpha value is -1.66. The molecule has 1 fully saturated rings. The standard InChI is InChI=1S/C12H16N4O2/c1-7-4-8(5-17)18-11(7)9-2-3-10-12(13)14-6-15-16(9)10/h2-3,6-8,11,17H,4-5H2,1H3,(H2,13,14,15)/t7-,8?,11+/m0/s1. The third-order valence-corrected chi connectivity index (χ3v) is 3.50. The van der Waals surface area contributed by atoms with E-state index in [0.29, 0.717) is 11.7 Å². The molecule has 3 heterocycles. The summed E-state index contributed by atoms with van der Waals surface area (Å²) in [7, 11) is 0. The van der Waals surface area contributed by atoms with E-state index in [0.717, 1.165) is 17.6 Å². The number of fused-ring (bicyclic) bond motifs is 1. The Bertz CT molecular complexity index is 568. The SMILES string of the molecule is C[C@H]1CC(CO)O[C@H]1c1ccc2c(N)ncnn12. The summed E-state index contributed by atoms with van der Waals surface area (Å²) in [5.41, 5.74) is 7.55. The third kappa shape index (κ3) is 1.65. The number of aliphatic hydroxyl groups is 1. The maximum absolute atomic E-state index is 9.18. The van der Waals surface area contributed by atoms with Crippen LogP contribution in [0.5, 0.6) is 0 Å². The zero-order valence-electron chi connectivity index (χ0n) is 10.2. The molecule has 3 rings (SSSR count). The van der Waals surface area contributed by atoms with Gasteiger partial charge in [0.2, 0.25) is 0 Å². The van der Waals surface area contributed by atoms with Crippen LogP contribution in [0.3, 0.4) is 0 Å². The lowest BCUT2D eigenvalue weighted by atomic mass is 10.00. The summed E-state index contributed by atoms with van der Waals surface area (Å²) in [5, 5.41) is 13.4. The molecule has 96 valence electrons. The molecule has 2 aromatic heterocycles. The Morgan fingerprint density at radius 3 is 3.11 bits per heavy atom. The van der Waals surface area contributed by atoms with Crippen LogP contribution in [0.1, 0.15) is 25.1 Å². The number of hydrogen-bond acceptors (Lipinski definition) is 5. The highest BCUT2D eigenvalue weighted by Gasteiger charge is 2.34. The number of nitrogens with zero attached hydrogens (tertiary/aromatic N) is 3. The minimum atomic E-state index is -0.0882. The van der Waals surface area contributed by atoms with Gasteiger partial charge in [-0.1, -0.05) is 6.92 Å². The van der Waals surface area contributed by atoms with Crippen LogP contribution in [0, 0.1) is 5.92 Å². The first kappa shape index (κ1) is 11.4. The molecule has 0 aliphatic carbocycles. The number of nitrogens with two attached hydrogens (primary N) is 1. The smallest absolute Gasteiger partial charge is 0.151 e. The number of hydrogen-bond donors (Lipinski definition) is 2. The highest BCUT2D eigenvalue weighted by atomic mass is 16.5. The van der Waals surface area contributed by atoms with Crippen molar-refractivity contribution in [3.8, 4) is 0 Å². The van der Waals surface area contributed by atoms with E-state index in [-0.39, 0.29) is 18.8 Å². The second kappa shape index (κ2) is 4.22. The number of ether oxygens (including phenoxy) is 1. The van der Waals surface area contributed by atoms with Gasteiger partial charge in [0.25, 0.3) is 0 Å². The maximum Gasteiger partial charge on any atom is 0.151 e. The van der Waals surface area contributed by atoms with Crippen molar-refractivity contribution < 1.29 is 9.84 Å². The maximum atomic E-state index is 9.18. The molecule has 3 atom stereocenters. The summed E-state index contributed by atoms with van der Waals surface area (Å²) < 4.78 is 7.61. The van der Waals surface area contributed by atoms with Gasteiger partial charge in [0.1, 0.15) is 17.9 Å². The first-order chi connectivity index (χ1) is 8.70. The normalized spacial score (nSPS) is 28.0. The first-order valence-electron chi connectivity index (χ1n) is 6.05. The lowest BCUT2D eigenvalue weighted by Gasteiger charge is -2.15. The molecule has 18 heavy (non-hydrogen) atoms. The molecule has 0 spiro atoms. The van der Waals surface area contributed by atoms with Crippen molar-refractivity contribution in [3.63, 3.8) is 0 Å². The quantitative estimate of drug-likeness (QED) is 0.820. The van der Waals surface area contributed by atoms with Gasteiger partial charge in [0.05, 0.1) is 18.4 Å². The molecule has 1 unspecified atom stereocenters. The molecule has 0 radical (unpaired) electrons. The highest BCUT2D eigenvalue weighted by Crippen LogP contribution is 2.38. The largest absolute Gasteiger partial charge is 0.394 e. The highest BCUT2D eigenvalue weighted by molar-refractivity contribution is 5.65. The molecule has 0 amide bonds. The van der Waals surface area contributed by atoms with Gasteiger partial charge in [0.15, 0.2) is 5.82 Å². The molecule has 1 aliphatic heterocycles. The molecule has 1 aliphatic rings. The topological polar surface area (TPSA) is 85.7 Å². The molecule has 6 nitrogen and oxygen atoms in total. The Morgan fingerprint density at radius 2 is 2.39 bits per heavy atom. The van der Waals surface area contributed by atoms with Crippen molar-refractivity contribution in [1.82, 2.24) is 14.6 Å². The molecule has 0 aromatic carbocycles. The van der Waals surface area contributed by atoms with Crippen LogP contribution in [0.15, 0.2) is 18.5 Å². The fourth-order valence-corrected chi connectivity index (χ4v) is 2.60. The van der Waals surface area contributed by atoms with E-state index in [9.17, 15) is 5.11 Å². The van der Waals surface area contributed by atoms with Crippen LogP contribution in [0.4, 0.5) is 5.82 Å². The van der Waals surface area contributed by atoms with E-state index in [2.05, 4.69) is 17.0 Å². The number of nitrogen functional groups attached to an aromatic ring is 1. The molecule has 6 heteroatoms. The number of anilines is 1. The lowest BCUT2D eigenvalue weighted by Crippen LogP contribution is -2.12. The molecule has 0 bridgehead atoms. The van der Waals surface area contributed by atoms with Crippen molar-refractivity contribution >= 4 is 11.3 Å². The van der Waals surface area contributed by atoms with E-state index in [1.807, 2.05) is 12.1 Å². The van der Waals surface area contributed by atoms with E-state index < -0.39 is 0 Å². The Kier molecular flexibility index (Phi) is 2.68. The van der Waals surface area contributed by atoms with E-state index >= 15 is 0 Å². The predicted molar refractivity (Wildman–Crippen MR) is 65.9 cm³/mol. The van der Waals surface area contributed by atoms with Gasteiger partial charge in [-0.2, -0.15) is 5.10 Å². The van der Waals surface area contributed by atoms with Crippen molar-refractivity contribution in [2.45, 2.75) is 25.6 Å². The van der Waals surface area contributed by atoms with Crippen LogP contribution in [-0.4, -0.2) is 32.4 Å². The zero-order chi connectivity index (χ0) is 12.7. The van der Waals surface area contributed by atoms with Crippen molar-refractivity contribution in [3.05, 3.63) is 24.2 Å². The Labute approximate surface area is 104 Å². The number of aromatic nitrogens is 3. The number of aliphatic hydroxyl groups excluding tert-OH is 1. The average molecular weight is 248 g/mol. The van der Waals surface area contributed by atoms with Crippen LogP contribution in [-0.2, 0) is 4.74 Å². The van der Waals surface area contributed by atoms with Crippen LogP contribution < -0.4 is 5.73 Å². The van der Waals surface area contributed by atoms with Gasteiger partial charge in [-0.15, -0.1) is 0 Å². The van der Waals surface area contributed by atoms with Crippen LogP contribution >= 0.6 is 0 Å². The number of rotatable bonds is 2. The molecular formula is C12H16N4O2. The molecule has 2 aromatic rings. The van der Waals surface area contributed by atoms with Gasteiger partial charge < -0.3 is 15.6 Å². The molecule has 3 N–H and O–H groups in total. The van der Waals surface area contributed by atoms with E-state index in [4.69, 9.17) is 10.5 Å². The summed E-state index contributed by atoms with van der Waals surface area (Å²) in [5.74, 6) is 0.803. The second-order valence-electron chi connectivity index (χ2n) is 4.77. The summed E-state index contributed by atoms with van der Waals surface area (Å²) in [6, 6.07) is 3.86. The molecule has 1 saturated heterocycles. The van der Waals surface area contributed by atoms with Gasteiger partial charge in [-0.05, 0) is 24.5 Å². The van der Waals surface area contributed by atoms with Gasteiger partial charge in [0, 0.05) is 0 Å². The molecule has 0 saturated carbocycles. The third-order valence-electron chi connectivity index (χ3n) is 3.50. The van der Waals surface area contributed by atoms with Crippen LogP contribution in [0.25, 0.3) is 5.52 Å². The monoisotopic (exact) mass is 248 g/mol. The summed E-state index contributed by atoms with van der Waals surface area (Å²) in [6.07, 6.45) is 2.15. The Balaban J connectivity index is 2.02. The minimum Gasteiger partial charge on any atom is -0.394 e.